The third kappa shape index (κ3) is 4.44. The normalized spacial score (nSPS) is 15.0. The standard InChI is InChI=1S/C12H17N3O.2ClH/c1-8-10(3-2-6-14-8)12(16)15-7-11(13)9-4-5-9;;/h2-3,6,9,11H,4-5,7,13H2,1H3,(H,15,16);2*1H. The van der Waals surface area contributed by atoms with E-state index in [0.29, 0.717) is 18.0 Å². The van der Waals surface area contributed by atoms with Crippen LogP contribution in [0.5, 0.6) is 0 Å². The van der Waals surface area contributed by atoms with Crippen molar-refractivity contribution in [3.05, 3.63) is 29.6 Å². The van der Waals surface area contributed by atoms with E-state index in [1.165, 1.54) is 12.8 Å². The van der Waals surface area contributed by atoms with Crippen LogP contribution in [0.25, 0.3) is 0 Å². The summed E-state index contributed by atoms with van der Waals surface area (Å²) >= 11 is 0. The number of amides is 1. The maximum atomic E-state index is 11.8. The number of halogens is 2. The molecule has 2 rings (SSSR count). The van der Waals surface area contributed by atoms with Crippen molar-refractivity contribution in [2.45, 2.75) is 25.8 Å². The Bertz CT molecular complexity index is 397. The molecule has 102 valence electrons. The molecule has 0 saturated heterocycles. The van der Waals surface area contributed by atoms with Crippen molar-refractivity contribution < 1.29 is 4.79 Å². The lowest BCUT2D eigenvalue weighted by Crippen LogP contribution is -2.38. The highest BCUT2D eigenvalue weighted by Gasteiger charge is 2.28. The van der Waals surface area contributed by atoms with Crippen LogP contribution in [-0.4, -0.2) is 23.5 Å². The van der Waals surface area contributed by atoms with Crippen molar-refractivity contribution in [1.82, 2.24) is 10.3 Å². The third-order valence-corrected chi connectivity index (χ3v) is 2.98. The molecule has 6 heteroatoms. The van der Waals surface area contributed by atoms with Gasteiger partial charge in [-0.05, 0) is 37.8 Å². The van der Waals surface area contributed by atoms with E-state index in [9.17, 15) is 4.79 Å². The van der Waals surface area contributed by atoms with Gasteiger partial charge in [-0.1, -0.05) is 0 Å². The van der Waals surface area contributed by atoms with E-state index in [2.05, 4.69) is 10.3 Å². The van der Waals surface area contributed by atoms with Gasteiger partial charge in [-0.25, -0.2) is 0 Å². The van der Waals surface area contributed by atoms with Crippen molar-refractivity contribution in [2.75, 3.05) is 6.54 Å². The summed E-state index contributed by atoms with van der Waals surface area (Å²) in [6, 6.07) is 3.64. The second-order valence-corrected chi connectivity index (χ2v) is 4.35. The average molecular weight is 292 g/mol. The number of carbonyl (C=O) groups excluding carboxylic acids is 1. The van der Waals surface area contributed by atoms with Gasteiger partial charge in [-0.15, -0.1) is 24.8 Å². The maximum Gasteiger partial charge on any atom is 0.253 e. The average Bonchev–Trinajstić information content (AvgIpc) is 3.10. The van der Waals surface area contributed by atoms with Crippen molar-refractivity contribution >= 4 is 30.7 Å². The molecule has 1 aliphatic rings. The monoisotopic (exact) mass is 291 g/mol. The zero-order valence-corrected chi connectivity index (χ0v) is 11.9. The van der Waals surface area contributed by atoms with Gasteiger partial charge in [0.15, 0.2) is 0 Å². The molecule has 1 atom stereocenters. The fraction of sp³-hybridized carbons (Fsp3) is 0.500. The van der Waals surface area contributed by atoms with Crippen LogP contribution in [0.4, 0.5) is 0 Å². The van der Waals surface area contributed by atoms with Gasteiger partial charge in [0, 0.05) is 24.5 Å². The second kappa shape index (κ2) is 7.56. The molecule has 0 radical (unpaired) electrons. The minimum atomic E-state index is -0.0818. The molecule has 1 amide bonds. The molecule has 0 spiro atoms. The van der Waals surface area contributed by atoms with E-state index in [-0.39, 0.29) is 36.8 Å². The number of pyridine rings is 1. The molecule has 1 heterocycles. The molecule has 0 aromatic carbocycles. The predicted molar refractivity (Wildman–Crippen MR) is 76.5 cm³/mol. The number of nitrogens with two attached hydrogens (primary N) is 1. The number of nitrogens with one attached hydrogen (secondary N) is 1. The van der Waals surface area contributed by atoms with Crippen molar-refractivity contribution in [1.29, 1.82) is 0 Å². The molecule has 1 fully saturated rings. The number of aryl methyl sites for hydroxylation is 1. The summed E-state index contributed by atoms with van der Waals surface area (Å²) in [5.41, 5.74) is 7.29. The molecule has 1 saturated carbocycles. The Labute approximate surface area is 120 Å². The summed E-state index contributed by atoms with van der Waals surface area (Å²) in [5, 5.41) is 2.86. The van der Waals surface area contributed by atoms with E-state index >= 15 is 0 Å². The minimum absolute atomic E-state index is 0. The highest BCUT2D eigenvalue weighted by molar-refractivity contribution is 5.95. The smallest absolute Gasteiger partial charge is 0.253 e. The van der Waals surface area contributed by atoms with Crippen molar-refractivity contribution in [3.8, 4) is 0 Å². The number of nitrogens with zero attached hydrogens (tertiary/aromatic N) is 1. The zero-order valence-electron chi connectivity index (χ0n) is 10.3. The molecule has 1 aliphatic carbocycles. The molecular formula is C12H19Cl2N3O. The largest absolute Gasteiger partial charge is 0.350 e. The second-order valence-electron chi connectivity index (χ2n) is 4.35. The van der Waals surface area contributed by atoms with Gasteiger partial charge in [-0.2, -0.15) is 0 Å². The Morgan fingerprint density at radius 2 is 2.22 bits per heavy atom. The molecule has 4 nitrogen and oxygen atoms in total. The lowest BCUT2D eigenvalue weighted by atomic mass is 10.1. The summed E-state index contributed by atoms with van der Waals surface area (Å²) in [5.74, 6) is 0.525. The Hall–Kier alpha value is -0.840. The number of hydrogen-bond donors (Lipinski definition) is 2. The Morgan fingerprint density at radius 1 is 1.56 bits per heavy atom. The minimum Gasteiger partial charge on any atom is -0.350 e. The predicted octanol–water partition coefficient (Wildman–Crippen LogP) is 1.70. The summed E-state index contributed by atoms with van der Waals surface area (Å²) in [7, 11) is 0. The summed E-state index contributed by atoms with van der Waals surface area (Å²) in [4.78, 5) is 15.9. The van der Waals surface area contributed by atoms with Crippen LogP contribution in [0.2, 0.25) is 0 Å². The third-order valence-electron chi connectivity index (χ3n) is 2.98. The van der Waals surface area contributed by atoms with Gasteiger partial charge in [0.05, 0.1) is 5.56 Å². The van der Waals surface area contributed by atoms with Crippen molar-refractivity contribution in [3.63, 3.8) is 0 Å². The highest BCUT2D eigenvalue weighted by atomic mass is 35.5. The van der Waals surface area contributed by atoms with E-state index in [0.717, 1.165) is 5.69 Å². The summed E-state index contributed by atoms with van der Waals surface area (Å²) in [6.07, 6.45) is 4.08. The molecule has 1 unspecified atom stereocenters. The Kier molecular flexibility index (Phi) is 7.21. The van der Waals surface area contributed by atoms with Gasteiger partial charge >= 0.3 is 0 Å². The molecular weight excluding hydrogens is 273 g/mol. The van der Waals surface area contributed by atoms with Crippen LogP contribution in [0, 0.1) is 12.8 Å². The molecule has 0 aliphatic heterocycles. The Morgan fingerprint density at radius 3 is 2.78 bits per heavy atom. The highest BCUT2D eigenvalue weighted by Crippen LogP contribution is 2.31. The summed E-state index contributed by atoms with van der Waals surface area (Å²) < 4.78 is 0. The number of rotatable bonds is 4. The van der Waals surface area contributed by atoms with E-state index in [1.807, 2.05) is 6.92 Å². The first-order chi connectivity index (χ1) is 7.68. The molecule has 1 aromatic rings. The number of carbonyl (C=O) groups is 1. The van der Waals surface area contributed by atoms with Crippen molar-refractivity contribution in [2.24, 2.45) is 11.7 Å². The van der Waals surface area contributed by atoms with Crippen LogP contribution in [0.15, 0.2) is 18.3 Å². The van der Waals surface area contributed by atoms with Gasteiger partial charge in [0.2, 0.25) is 0 Å². The first-order valence-corrected chi connectivity index (χ1v) is 5.64. The quantitative estimate of drug-likeness (QED) is 0.887. The molecule has 3 N–H and O–H groups in total. The lowest BCUT2D eigenvalue weighted by molar-refractivity contribution is 0.0949. The van der Waals surface area contributed by atoms with Gasteiger partial charge in [-0.3, -0.25) is 9.78 Å². The SMILES string of the molecule is Cc1ncccc1C(=O)NCC(N)C1CC1.Cl.Cl. The van der Waals surface area contributed by atoms with E-state index < -0.39 is 0 Å². The van der Waals surface area contributed by atoms with Crippen LogP contribution in [-0.2, 0) is 0 Å². The first-order valence-electron chi connectivity index (χ1n) is 5.64. The van der Waals surface area contributed by atoms with Gasteiger partial charge < -0.3 is 11.1 Å². The maximum absolute atomic E-state index is 11.8. The zero-order chi connectivity index (χ0) is 11.5. The molecule has 1 aromatic heterocycles. The van der Waals surface area contributed by atoms with Crippen LogP contribution in [0.1, 0.15) is 28.9 Å². The van der Waals surface area contributed by atoms with Gasteiger partial charge in [0.1, 0.15) is 0 Å². The van der Waals surface area contributed by atoms with Crippen LogP contribution < -0.4 is 11.1 Å². The van der Waals surface area contributed by atoms with Crippen LogP contribution >= 0.6 is 24.8 Å². The van der Waals surface area contributed by atoms with E-state index in [4.69, 9.17) is 5.73 Å². The first kappa shape index (κ1) is 17.2. The molecule has 0 bridgehead atoms. The molecule has 18 heavy (non-hydrogen) atoms. The fourth-order valence-corrected chi connectivity index (χ4v) is 1.72. The van der Waals surface area contributed by atoms with Crippen LogP contribution in [0.3, 0.4) is 0 Å². The number of aromatic nitrogens is 1. The Balaban J connectivity index is 0.00000144. The fourth-order valence-electron chi connectivity index (χ4n) is 1.72. The summed E-state index contributed by atoms with van der Waals surface area (Å²) in [6.45, 7) is 2.38. The lowest BCUT2D eigenvalue weighted by Gasteiger charge is -2.12. The topological polar surface area (TPSA) is 68.0 Å². The van der Waals surface area contributed by atoms with E-state index in [1.54, 1.807) is 18.3 Å². The number of hydrogen-bond acceptors (Lipinski definition) is 3. The van der Waals surface area contributed by atoms with Gasteiger partial charge in [0.25, 0.3) is 5.91 Å².